The Morgan fingerprint density at radius 1 is 1.07 bits per heavy atom. The van der Waals surface area contributed by atoms with E-state index in [2.05, 4.69) is 10.2 Å². The van der Waals surface area contributed by atoms with Crippen LogP contribution in [0.1, 0.15) is 0 Å². The monoisotopic (exact) mass is 216 g/mol. The lowest BCUT2D eigenvalue weighted by atomic mass is 10.2. The fourth-order valence-corrected chi connectivity index (χ4v) is 1.11. The second kappa shape index (κ2) is 3.34. The van der Waals surface area contributed by atoms with Crippen LogP contribution in [0.4, 0.5) is 8.78 Å². The molecule has 0 bridgehead atoms. The molecule has 0 aliphatic rings. The third kappa shape index (κ3) is 1.72. The Balaban J connectivity index is 2.51. The minimum absolute atomic E-state index is 0.0200. The molecule has 0 saturated carbocycles. The van der Waals surface area contributed by atoms with Gasteiger partial charge >= 0.3 is 5.35 Å². The smallest absolute Gasteiger partial charge is 0.313 e. The normalized spacial score (nSPS) is 10.5. The Kier molecular flexibility index (Phi) is 2.17. The topological polar surface area (TPSA) is 38.9 Å². The standard InChI is InChI=1S/C8H3ClF2N2O/c9-8-13-12-7(14-8)4-1-5(10)3-6(11)2-4/h1-3H. The summed E-state index contributed by atoms with van der Waals surface area (Å²) < 4.78 is 30.3. The lowest BCUT2D eigenvalue weighted by molar-refractivity contribution is 0.561. The van der Waals surface area contributed by atoms with E-state index in [1.807, 2.05) is 0 Å². The molecule has 0 spiro atoms. The van der Waals surface area contributed by atoms with E-state index in [9.17, 15) is 8.78 Å². The zero-order chi connectivity index (χ0) is 10.1. The highest BCUT2D eigenvalue weighted by molar-refractivity contribution is 6.27. The molecule has 1 aromatic carbocycles. The number of aromatic nitrogens is 2. The van der Waals surface area contributed by atoms with E-state index in [4.69, 9.17) is 16.0 Å². The van der Waals surface area contributed by atoms with Gasteiger partial charge < -0.3 is 4.42 Å². The predicted octanol–water partition coefficient (Wildman–Crippen LogP) is 2.67. The third-order valence-electron chi connectivity index (χ3n) is 1.51. The van der Waals surface area contributed by atoms with E-state index in [-0.39, 0.29) is 16.8 Å². The first kappa shape index (κ1) is 9.08. The summed E-state index contributed by atoms with van der Waals surface area (Å²) in [6.07, 6.45) is 0. The minimum Gasteiger partial charge on any atom is -0.407 e. The molecule has 0 aliphatic heterocycles. The van der Waals surface area contributed by atoms with Crippen molar-refractivity contribution in [1.82, 2.24) is 10.2 Å². The van der Waals surface area contributed by atoms with Crippen molar-refractivity contribution < 1.29 is 13.2 Å². The molecule has 0 N–H and O–H groups in total. The number of nitrogens with zero attached hydrogens (tertiary/aromatic N) is 2. The van der Waals surface area contributed by atoms with E-state index in [1.165, 1.54) is 0 Å². The molecule has 0 atom stereocenters. The summed E-state index contributed by atoms with van der Waals surface area (Å²) in [6, 6.07) is 2.90. The Bertz CT molecular complexity index is 452. The van der Waals surface area contributed by atoms with Crippen LogP contribution in [0.3, 0.4) is 0 Å². The summed E-state index contributed by atoms with van der Waals surface area (Å²) in [7, 11) is 0. The molecule has 2 rings (SSSR count). The van der Waals surface area contributed by atoms with Crippen molar-refractivity contribution in [3.8, 4) is 11.5 Å². The van der Waals surface area contributed by atoms with Crippen LogP contribution in [0, 0.1) is 11.6 Å². The highest BCUT2D eigenvalue weighted by atomic mass is 35.5. The highest BCUT2D eigenvalue weighted by Crippen LogP contribution is 2.21. The van der Waals surface area contributed by atoms with Gasteiger partial charge in [-0.25, -0.2) is 8.78 Å². The fraction of sp³-hybridized carbons (Fsp3) is 0. The van der Waals surface area contributed by atoms with Crippen LogP contribution in [-0.2, 0) is 0 Å². The summed E-state index contributed by atoms with van der Waals surface area (Å²) in [6.45, 7) is 0. The first-order valence-corrected chi connectivity index (χ1v) is 3.98. The minimum atomic E-state index is -0.714. The third-order valence-corrected chi connectivity index (χ3v) is 1.66. The van der Waals surface area contributed by atoms with E-state index < -0.39 is 11.6 Å². The predicted molar refractivity (Wildman–Crippen MR) is 44.7 cm³/mol. The maximum Gasteiger partial charge on any atom is 0.313 e. The lowest BCUT2D eigenvalue weighted by Gasteiger charge is -1.95. The van der Waals surface area contributed by atoms with Gasteiger partial charge in [0.05, 0.1) is 0 Å². The summed E-state index contributed by atoms with van der Waals surface area (Å²) >= 11 is 5.36. The summed E-state index contributed by atoms with van der Waals surface area (Å²) in [4.78, 5) is 0. The summed E-state index contributed by atoms with van der Waals surface area (Å²) in [5, 5.41) is 6.67. The van der Waals surface area contributed by atoms with Gasteiger partial charge in [0.25, 0.3) is 0 Å². The van der Waals surface area contributed by atoms with Crippen LogP contribution < -0.4 is 0 Å². The van der Waals surface area contributed by atoms with Crippen molar-refractivity contribution in [3.05, 3.63) is 35.2 Å². The largest absolute Gasteiger partial charge is 0.407 e. The summed E-state index contributed by atoms with van der Waals surface area (Å²) in [5.74, 6) is -1.45. The molecule has 0 saturated heterocycles. The lowest BCUT2D eigenvalue weighted by Crippen LogP contribution is -1.84. The molecule has 0 fully saturated rings. The van der Waals surface area contributed by atoms with Crippen molar-refractivity contribution >= 4 is 11.6 Å². The van der Waals surface area contributed by atoms with Gasteiger partial charge in [0.15, 0.2) is 0 Å². The van der Waals surface area contributed by atoms with Crippen LogP contribution >= 0.6 is 11.6 Å². The number of benzene rings is 1. The number of rotatable bonds is 1. The van der Waals surface area contributed by atoms with Gasteiger partial charge in [0.1, 0.15) is 11.6 Å². The maximum atomic E-state index is 12.8. The zero-order valence-electron chi connectivity index (χ0n) is 6.67. The Morgan fingerprint density at radius 2 is 1.71 bits per heavy atom. The Labute approximate surface area is 82.3 Å². The van der Waals surface area contributed by atoms with Gasteiger partial charge in [-0.05, 0) is 23.7 Å². The van der Waals surface area contributed by atoms with Crippen LogP contribution in [0.25, 0.3) is 11.5 Å². The zero-order valence-corrected chi connectivity index (χ0v) is 7.42. The molecule has 72 valence electrons. The second-order valence-corrected chi connectivity index (χ2v) is 2.84. The fourth-order valence-electron chi connectivity index (χ4n) is 0.999. The van der Waals surface area contributed by atoms with Gasteiger partial charge in [-0.2, -0.15) is 0 Å². The van der Waals surface area contributed by atoms with E-state index in [0.29, 0.717) is 0 Å². The molecule has 14 heavy (non-hydrogen) atoms. The van der Waals surface area contributed by atoms with E-state index in [1.54, 1.807) is 0 Å². The van der Waals surface area contributed by atoms with Gasteiger partial charge in [0, 0.05) is 11.6 Å². The molecule has 6 heteroatoms. The van der Waals surface area contributed by atoms with Crippen molar-refractivity contribution in [2.45, 2.75) is 0 Å². The van der Waals surface area contributed by atoms with Crippen molar-refractivity contribution in [2.24, 2.45) is 0 Å². The molecule has 3 nitrogen and oxygen atoms in total. The first-order valence-electron chi connectivity index (χ1n) is 3.60. The van der Waals surface area contributed by atoms with E-state index >= 15 is 0 Å². The van der Waals surface area contributed by atoms with Crippen LogP contribution in [0.15, 0.2) is 22.6 Å². The molecular weight excluding hydrogens is 214 g/mol. The Hall–Kier alpha value is -1.49. The molecule has 2 aromatic rings. The average Bonchev–Trinajstić information content (AvgIpc) is 2.50. The SMILES string of the molecule is Fc1cc(F)cc(-c2nnc(Cl)o2)c1. The van der Waals surface area contributed by atoms with Gasteiger partial charge in [0.2, 0.25) is 5.89 Å². The van der Waals surface area contributed by atoms with Crippen LogP contribution in [0.2, 0.25) is 5.35 Å². The molecular formula is C8H3ClF2N2O. The number of halogens is 3. The molecule has 0 unspecified atom stereocenters. The number of hydrogen-bond donors (Lipinski definition) is 0. The number of hydrogen-bond acceptors (Lipinski definition) is 3. The van der Waals surface area contributed by atoms with Gasteiger partial charge in [-0.15, -0.1) is 5.10 Å². The molecule has 0 aliphatic carbocycles. The van der Waals surface area contributed by atoms with Crippen molar-refractivity contribution in [1.29, 1.82) is 0 Å². The molecule has 0 radical (unpaired) electrons. The molecule has 1 aromatic heterocycles. The molecule has 0 amide bonds. The average molecular weight is 217 g/mol. The van der Waals surface area contributed by atoms with Crippen molar-refractivity contribution in [3.63, 3.8) is 0 Å². The quantitative estimate of drug-likeness (QED) is 0.736. The van der Waals surface area contributed by atoms with Gasteiger partial charge in [-0.1, -0.05) is 5.10 Å². The second-order valence-electron chi connectivity index (χ2n) is 2.52. The first-order chi connectivity index (χ1) is 6.65. The van der Waals surface area contributed by atoms with Gasteiger partial charge in [-0.3, -0.25) is 0 Å². The van der Waals surface area contributed by atoms with E-state index in [0.717, 1.165) is 18.2 Å². The van der Waals surface area contributed by atoms with Crippen molar-refractivity contribution in [2.75, 3.05) is 0 Å². The maximum absolute atomic E-state index is 12.8. The van der Waals surface area contributed by atoms with Crippen LogP contribution in [-0.4, -0.2) is 10.2 Å². The Morgan fingerprint density at radius 3 is 2.21 bits per heavy atom. The van der Waals surface area contributed by atoms with Crippen LogP contribution in [0.5, 0.6) is 0 Å². The highest BCUT2D eigenvalue weighted by Gasteiger charge is 2.09. The molecule has 1 heterocycles. The summed E-state index contributed by atoms with van der Waals surface area (Å²) in [5.41, 5.74) is 0.155.